The Kier molecular flexibility index (Phi) is 6.99. The van der Waals surface area contributed by atoms with Crippen LogP contribution in [0.15, 0.2) is 0 Å². The average molecular weight is 304 g/mol. The van der Waals surface area contributed by atoms with E-state index in [0.717, 1.165) is 32.2 Å². The van der Waals surface area contributed by atoms with E-state index in [2.05, 4.69) is 39.9 Å². The fraction of sp³-hybridized carbons (Fsp3) is 1.00. The summed E-state index contributed by atoms with van der Waals surface area (Å²) < 4.78 is 25.5. The van der Waals surface area contributed by atoms with Crippen LogP contribution in [-0.2, 0) is 9.84 Å². The van der Waals surface area contributed by atoms with Crippen LogP contribution < -0.4 is 5.32 Å². The van der Waals surface area contributed by atoms with Crippen LogP contribution in [0, 0.1) is 17.8 Å². The summed E-state index contributed by atoms with van der Waals surface area (Å²) in [6, 6.07) is 0.144. The predicted molar refractivity (Wildman–Crippen MR) is 86.7 cm³/mol. The van der Waals surface area contributed by atoms with Crippen molar-refractivity contribution in [1.82, 2.24) is 5.32 Å². The minimum Gasteiger partial charge on any atom is -0.313 e. The van der Waals surface area contributed by atoms with Gasteiger partial charge < -0.3 is 5.32 Å². The molecular weight excluding hydrogens is 270 g/mol. The first-order valence-electron chi connectivity index (χ1n) is 8.22. The molecule has 1 rings (SSSR count). The zero-order chi connectivity index (χ0) is 15.3. The SMILES string of the molecule is CCCNC1CC(C)CC(C)C1S(=O)(=O)CCC(C)C. The molecule has 0 aromatic rings. The van der Waals surface area contributed by atoms with E-state index in [1.807, 2.05) is 0 Å². The zero-order valence-corrected chi connectivity index (χ0v) is 14.7. The highest BCUT2D eigenvalue weighted by molar-refractivity contribution is 7.92. The lowest BCUT2D eigenvalue weighted by atomic mass is 9.80. The summed E-state index contributed by atoms with van der Waals surface area (Å²) >= 11 is 0. The average Bonchev–Trinajstić information content (AvgIpc) is 2.32. The maximum Gasteiger partial charge on any atom is 0.154 e. The third-order valence-electron chi connectivity index (χ3n) is 4.44. The third kappa shape index (κ3) is 5.03. The summed E-state index contributed by atoms with van der Waals surface area (Å²) in [5, 5.41) is 3.31. The largest absolute Gasteiger partial charge is 0.313 e. The Hall–Kier alpha value is -0.0900. The molecule has 0 radical (unpaired) electrons. The highest BCUT2D eigenvalue weighted by Crippen LogP contribution is 2.34. The van der Waals surface area contributed by atoms with Crippen LogP contribution in [0.25, 0.3) is 0 Å². The smallest absolute Gasteiger partial charge is 0.154 e. The summed E-state index contributed by atoms with van der Waals surface area (Å²) in [6.07, 6.45) is 3.87. The van der Waals surface area contributed by atoms with E-state index in [0.29, 0.717) is 17.6 Å². The minimum absolute atomic E-state index is 0.144. The molecule has 4 atom stereocenters. The fourth-order valence-electron chi connectivity index (χ4n) is 3.50. The fourth-order valence-corrected chi connectivity index (χ4v) is 6.10. The molecule has 20 heavy (non-hydrogen) atoms. The first-order chi connectivity index (χ1) is 9.27. The molecule has 1 aliphatic rings. The van der Waals surface area contributed by atoms with Crippen LogP contribution in [0.2, 0.25) is 0 Å². The Bertz CT molecular complexity index is 378. The lowest BCUT2D eigenvalue weighted by molar-refractivity contribution is 0.242. The highest BCUT2D eigenvalue weighted by atomic mass is 32.2. The molecule has 0 aliphatic heterocycles. The van der Waals surface area contributed by atoms with E-state index in [1.165, 1.54) is 0 Å². The summed E-state index contributed by atoms with van der Waals surface area (Å²) in [5.41, 5.74) is 0. The van der Waals surface area contributed by atoms with E-state index in [1.54, 1.807) is 0 Å². The van der Waals surface area contributed by atoms with Crippen LogP contribution in [0.1, 0.15) is 60.3 Å². The Morgan fingerprint density at radius 1 is 1.20 bits per heavy atom. The van der Waals surface area contributed by atoms with Gasteiger partial charge in [0.25, 0.3) is 0 Å². The van der Waals surface area contributed by atoms with Crippen molar-refractivity contribution in [3.05, 3.63) is 0 Å². The number of sulfone groups is 1. The number of hydrogen-bond donors (Lipinski definition) is 1. The van der Waals surface area contributed by atoms with Crippen molar-refractivity contribution in [1.29, 1.82) is 0 Å². The molecule has 0 aromatic heterocycles. The van der Waals surface area contributed by atoms with E-state index < -0.39 is 9.84 Å². The van der Waals surface area contributed by atoms with Gasteiger partial charge in [0, 0.05) is 6.04 Å². The molecule has 1 aliphatic carbocycles. The van der Waals surface area contributed by atoms with Crippen molar-refractivity contribution >= 4 is 9.84 Å². The van der Waals surface area contributed by atoms with Gasteiger partial charge in [0.2, 0.25) is 0 Å². The van der Waals surface area contributed by atoms with Crippen molar-refractivity contribution in [2.45, 2.75) is 71.6 Å². The summed E-state index contributed by atoms with van der Waals surface area (Å²) in [4.78, 5) is 0. The summed E-state index contributed by atoms with van der Waals surface area (Å²) in [7, 11) is -2.99. The molecule has 3 nitrogen and oxygen atoms in total. The van der Waals surface area contributed by atoms with Gasteiger partial charge in [0.1, 0.15) is 0 Å². The van der Waals surface area contributed by atoms with Crippen molar-refractivity contribution in [3.8, 4) is 0 Å². The molecule has 4 heteroatoms. The molecular formula is C16H33NO2S. The standard InChI is InChI=1S/C16H33NO2S/c1-6-8-17-15-11-13(4)10-14(5)16(15)20(18,19)9-7-12(2)3/h12-17H,6-11H2,1-5H3. The van der Waals surface area contributed by atoms with Crippen molar-refractivity contribution < 1.29 is 8.42 Å². The second-order valence-electron chi connectivity index (χ2n) is 7.13. The van der Waals surface area contributed by atoms with E-state index >= 15 is 0 Å². The van der Waals surface area contributed by atoms with Crippen LogP contribution in [0.3, 0.4) is 0 Å². The molecule has 0 spiro atoms. The Labute approximate surface area is 125 Å². The first kappa shape index (κ1) is 18.0. The summed E-state index contributed by atoms with van der Waals surface area (Å²) in [5.74, 6) is 1.68. The molecule has 0 saturated heterocycles. The Balaban J connectivity index is 2.84. The van der Waals surface area contributed by atoms with Crippen LogP contribution in [-0.4, -0.2) is 32.0 Å². The van der Waals surface area contributed by atoms with Gasteiger partial charge in [-0.1, -0.05) is 34.6 Å². The normalized spacial score (nSPS) is 31.7. The van der Waals surface area contributed by atoms with Crippen LogP contribution >= 0.6 is 0 Å². The van der Waals surface area contributed by atoms with Gasteiger partial charge in [-0.2, -0.15) is 0 Å². The van der Waals surface area contributed by atoms with Gasteiger partial charge in [-0.25, -0.2) is 8.42 Å². The molecule has 0 heterocycles. The van der Waals surface area contributed by atoms with Crippen molar-refractivity contribution in [2.24, 2.45) is 17.8 Å². The quantitative estimate of drug-likeness (QED) is 0.785. The first-order valence-corrected chi connectivity index (χ1v) is 9.94. The van der Waals surface area contributed by atoms with E-state index in [9.17, 15) is 8.42 Å². The lowest BCUT2D eigenvalue weighted by Gasteiger charge is -2.39. The van der Waals surface area contributed by atoms with Gasteiger partial charge >= 0.3 is 0 Å². The van der Waals surface area contributed by atoms with Gasteiger partial charge in [0.05, 0.1) is 11.0 Å². The molecule has 4 unspecified atom stereocenters. The number of nitrogens with one attached hydrogen (secondary N) is 1. The van der Waals surface area contributed by atoms with E-state index in [4.69, 9.17) is 0 Å². The lowest BCUT2D eigenvalue weighted by Crippen LogP contribution is -2.52. The second-order valence-corrected chi connectivity index (χ2v) is 9.41. The van der Waals surface area contributed by atoms with Gasteiger partial charge in [-0.05, 0) is 50.0 Å². The second kappa shape index (κ2) is 7.79. The number of rotatable bonds is 7. The predicted octanol–water partition coefficient (Wildman–Crippen LogP) is 3.25. The van der Waals surface area contributed by atoms with Gasteiger partial charge in [0.15, 0.2) is 9.84 Å². The van der Waals surface area contributed by atoms with E-state index in [-0.39, 0.29) is 17.2 Å². The molecule has 0 bridgehead atoms. The molecule has 120 valence electrons. The molecule has 1 fully saturated rings. The van der Waals surface area contributed by atoms with Crippen molar-refractivity contribution in [2.75, 3.05) is 12.3 Å². The summed E-state index contributed by atoms with van der Waals surface area (Å²) in [6.45, 7) is 11.6. The van der Waals surface area contributed by atoms with Gasteiger partial charge in [-0.15, -0.1) is 0 Å². The minimum atomic E-state index is -2.99. The maximum absolute atomic E-state index is 12.7. The monoisotopic (exact) mass is 303 g/mol. The van der Waals surface area contributed by atoms with Crippen LogP contribution in [0.5, 0.6) is 0 Å². The van der Waals surface area contributed by atoms with Crippen LogP contribution in [0.4, 0.5) is 0 Å². The molecule has 0 amide bonds. The molecule has 1 N–H and O–H groups in total. The number of hydrogen-bond acceptors (Lipinski definition) is 3. The topological polar surface area (TPSA) is 46.2 Å². The molecule has 0 aromatic carbocycles. The molecule has 1 saturated carbocycles. The Morgan fingerprint density at radius 2 is 1.85 bits per heavy atom. The van der Waals surface area contributed by atoms with Crippen molar-refractivity contribution in [3.63, 3.8) is 0 Å². The zero-order valence-electron chi connectivity index (χ0n) is 13.9. The third-order valence-corrected chi connectivity index (χ3v) is 6.87. The maximum atomic E-state index is 12.7. The highest BCUT2D eigenvalue weighted by Gasteiger charge is 2.41. The Morgan fingerprint density at radius 3 is 2.40 bits per heavy atom. The van der Waals surface area contributed by atoms with Gasteiger partial charge in [-0.3, -0.25) is 0 Å².